The Labute approximate surface area is 367 Å². The Balaban J connectivity index is -0.000000219. The molecule has 0 atom stereocenters. The number of aliphatic hydroxyl groups is 2. The molecule has 0 fully saturated rings. The van der Waals surface area contributed by atoms with Gasteiger partial charge in [0.15, 0.2) is 0 Å². The van der Waals surface area contributed by atoms with Gasteiger partial charge in [-0.2, -0.15) is 39.5 Å². The van der Waals surface area contributed by atoms with Gasteiger partial charge < -0.3 is 38.8 Å². The van der Waals surface area contributed by atoms with Crippen LogP contribution in [0.25, 0.3) is 0 Å². The van der Waals surface area contributed by atoms with Gasteiger partial charge >= 0.3 is 48.2 Å². The fourth-order valence-electron chi connectivity index (χ4n) is 3.50. The van der Waals surface area contributed by atoms with E-state index < -0.39 is 53.5 Å². The van der Waals surface area contributed by atoms with Gasteiger partial charge in [-0.15, -0.1) is 0 Å². The average Bonchev–Trinajstić information content (AvgIpc) is 3.21. The molecule has 0 heterocycles. The second-order valence-electron chi connectivity index (χ2n) is 10.1. The summed E-state index contributed by atoms with van der Waals surface area (Å²) < 4.78 is 131. The number of benzene rings is 3. The molecule has 0 saturated heterocycles. The monoisotopic (exact) mass is 941 g/mol. The van der Waals surface area contributed by atoms with Gasteiger partial charge in [-0.25, -0.2) is 9.59 Å². The highest BCUT2D eigenvalue weighted by Crippen LogP contribution is 2.22. The van der Waals surface area contributed by atoms with Gasteiger partial charge in [-0.3, -0.25) is 4.79 Å². The molecule has 63 heavy (non-hydrogen) atoms. The third kappa shape index (κ3) is 30.2. The fraction of sp³-hybridized carbons (Fsp3) is 0.357. The van der Waals surface area contributed by atoms with Crippen LogP contribution in [0.15, 0.2) is 109 Å². The largest absolute Gasteiger partial charge is 0.458 e. The van der Waals surface area contributed by atoms with Crippen molar-refractivity contribution in [2.75, 3.05) is 46.1 Å². The van der Waals surface area contributed by atoms with Crippen molar-refractivity contribution < 1.29 is 87.8 Å². The van der Waals surface area contributed by atoms with Crippen LogP contribution in [0.5, 0.6) is 17.2 Å². The third-order valence-corrected chi connectivity index (χ3v) is 6.54. The van der Waals surface area contributed by atoms with E-state index in [0.29, 0.717) is 0 Å². The van der Waals surface area contributed by atoms with Crippen molar-refractivity contribution in [2.24, 2.45) is 0 Å². The Kier molecular flexibility index (Phi) is 43.1. The Bertz CT molecular complexity index is 1690. The number of ether oxygens (including phenoxy) is 5. The summed E-state index contributed by atoms with van der Waals surface area (Å²) in [5.74, 6) is -2.37. The lowest BCUT2D eigenvalue weighted by atomic mass is 10.2. The maximum Gasteiger partial charge on any atom is 0.344 e. The van der Waals surface area contributed by atoms with Crippen molar-refractivity contribution in [1.29, 1.82) is 0 Å². The van der Waals surface area contributed by atoms with Gasteiger partial charge in [0.1, 0.15) is 30.5 Å². The van der Waals surface area contributed by atoms with E-state index in [-0.39, 0.29) is 97.5 Å². The molecule has 0 bridgehead atoms. The number of carbonyl (C=O) groups excluding carboxylic acids is 3. The molecule has 2 N–H and O–H groups in total. The van der Waals surface area contributed by atoms with E-state index in [4.69, 9.17) is 31.3 Å². The molecule has 0 aliphatic rings. The van der Waals surface area contributed by atoms with Crippen LogP contribution in [-0.2, 0) is 9.47 Å². The third-order valence-electron chi connectivity index (χ3n) is 6.32. The van der Waals surface area contributed by atoms with Gasteiger partial charge in [0.05, 0.1) is 24.3 Å². The number of rotatable bonds is 16. The van der Waals surface area contributed by atoms with Crippen LogP contribution in [0.2, 0.25) is 0 Å². The predicted molar refractivity (Wildman–Crippen MR) is 224 cm³/mol. The first kappa shape index (κ1) is 69.1. The Morgan fingerprint density at radius 1 is 0.476 bits per heavy atom. The normalized spacial score (nSPS) is 9.02. The molecule has 360 valence electrons. The van der Waals surface area contributed by atoms with Gasteiger partial charge in [0.25, 0.3) is 5.24 Å². The molecule has 3 aromatic rings. The zero-order valence-electron chi connectivity index (χ0n) is 30.8. The second kappa shape index (κ2) is 39.3. The lowest BCUT2D eigenvalue weighted by Gasteiger charge is -2.13. The van der Waals surface area contributed by atoms with E-state index in [1.807, 2.05) is 0 Å². The highest BCUT2D eigenvalue weighted by atomic mass is 35.5. The standard InChI is InChI=1S/C20H12F6O6.C9H4ClF3O2.C6H15N.C2H6O2.5CH4/c21-15(22)17(25)31-13-5-1-11(2-6-13)19(27)29-9-10-30-20(28)12-3-7-14(8-4-12)32-18(26)16(23)24;10-7(14)5-1-3-6(4-2-5)15-9(13)8(11)12;1-4-7(5-2)6-3;3-1-2-4;;;;;/h1-8H,9-10H2;1-4H;4-6H2,1-3H3;3-4H,1-2H2;5*1H4. The molecule has 11 nitrogen and oxygen atoms in total. The maximum atomic E-state index is 12.7. The summed E-state index contributed by atoms with van der Waals surface area (Å²) >= 11 is 5.13. The molecule has 0 unspecified atom stereocenters. The van der Waals surface area contributed by atoms with Crippen molar-refractivity contribution in [3.05, 3.63) is 126 Å². The zero-order chi connectivity index (χ0) is 44.2. The number of carbonyl (C=O) groups is 3. The molecule has 0 amide bonds. The van der Waals surface area contributed by atoms with Crippen LogP contribution in [-0.4, -0.2) is 78.4 Å². The molecular weight excluding hydrogens is 885 g/mol. The molecule has 3 rings (SSSR count). The minimum Gasteiger partial charge on any atom is -0.458 e. The summed E-state index contributed by atoms with van der Waals surface area (Å²) in [5, 5.41) is 14.6. The van der Waals surface area contributed by atoms with Gasteiger partial charge in [0.2, 0.25) is 0 Å². The van der Waals surface area contributed by atoms with E-state index in [1.54, 1.807) is 0 Å². The quantitative estimate of drug-likeness (QED) is 0.0466. The number of aliphatic hydroxyl groups excluding tert-OH is 2. The predicted octanol–water partition coefficient (Wildman–Crippen LogP) is 12.5. The van der Waals surface area contributed by atoms with E-state index in [9.17, 15) is 53.9 Å². The van der Waals surface area contributed by atoms with Crippen molar-refractivity contribution in [3.63, 3.8) is 0 Å². The number of hydrogen-bond donors (Lipinski definition) is 2. The van der Waals surface area contributed by atoms with Crippen LogP contribution in [0.3, 0.4) is 0 Å². The van der Waals surface area contributed by atoms with Gasteiger partial charge in [-0.05, 0) is 104 Å². The van der Waals surface area contributed by atoms with Gasteiger partial charge in [0, 0.05) is 5.56 Å². The lowest BCUT2D eigenvalue weighted by Crippen LogP contribution is -2.21. The highest BCUT2D eigenvalue weighted by Gasteiger charge is 2.13. The SMILES string of the molecule is C.C.C.C.C.CCN(CC)CC.O=C(Cl)c1ccc(OC(F)=C(F)F)cc1.O=C(OCCOC(=O)c1ccc(OC(F)=C(F)F)cc1)c1ccc(OC(F)=C(F)F)cc1.OCCO. The topological polar surface area (TPSA) is 141 Å². The van der Waals surface area contributed by atoms with Crippen LogP contribution in [0.1, 0.15) is 89.0 Å². The molecule has 0 saturated carbocycles. The number of halogens is 10. The minimum absolute atomic E-state index is 0. The number of esters is 2. The number of nitrogens with zero attached hydrogens (tertiary/aromatic N) is 1. The molecule has 0 radical (unpaired) electrons. The zero-order valence-corrected chi connectivity index (χ0v) is 31.5. The van der Waals surface area contributed by atoms with Crippen LogP contribution in [0, 0.1) is 0 Å². The molecule has 3 aromatic carbocycles. The van der Waals surface area contributed by atoms with E-state index >= 15 is 0 Å². The van der Waals surface area contributed by atoms with Crippen LogP contribution >= 0.6 is 11.6 Å². The van der Waals surface area contributed by atoms with Crippen LogP contribution in [0.4, 0.5) is 39.5 Å². The summed E-state index contributed by atoms with van der Waals surface area (Å²) in [6, 6.07) is 7.49. The second-order valence-corrected chi connectivity index (χ2v) is 10.4. The summed E-state index contributed by atoms with van der Waals surface area (Å²) in [6.45, 7) is 9.21. The van der Waals surface area contributed by atoms with Crippen molar-refractivity contribution in [2.45, 2.75) is 57.9 Å². The summed E-state index contributed by atoms with van der Waals surface area (Å²) in [4.78, 5) is 36.7. The highest BCUT2D eigenvalue weighted by molar-refractivity contribution is 6.67. The van der Waals surface area contributed by atoms with E-state index in [1.165, 1.54) is 31.8 Å². The molecule has 21 heteroatoms. The summed E-state index contributed by atoms with van der Waals surface area (Å²) in [7, 11) is 0. The Morgan fingerprint density at radius 3 is 0.889 bits per heavy atom. The number of hydrogen-bond acceptors (Lipinski definition) is 11. The molecule has 0 aromatic heterocycles. The molecular formula is C42H57ClF9NO10. The molecule has 0 aliphatic carbocycles. The Hall–Kier alpha value is -5.57. The van der Waals surface area contributed by atoms with Crippen molar-refractivity contribution in [3.8, 4) is 17.2 Å². The minimum atomic E-state index is -2.63. The summed E-state index contributed by atoms with van der Waals surface area (Å²) in [5.41, 5.74) is 0.153. The first-order valence-corrected chi connectivity index (χ1v) is 16.8. The van der Waals surface area contributed by atoms with Crippen molar-refractivity contribution in [1.82, 2.24) is 4.90 Å². The first-order chi connectivity index (χ1) is 27.4. The smallest absolute Gasteiger partial charge is 0.344 e. The fourth-order valence-corrected chi connectivity index (χ4v) is 3.63. The van der Waals surface area contributed by atoms with Crippen LogP contribution < -0.4 is 14.2 Å². The van der Waals surface area contributed by atoms with E-state index in [2.05, 4.69) is 39.9 Å². The van der Waals surface area contributed by atoms with Crippen molar-refractivity contribution >= 4 is 28.8 Å². The van der Waals surface area contributed by atoms with E-state index in [0.717, 1.165) is 60.7 Å². The first-order valence-electron chi connectivity index (χ1n) is 16.4. The molecule has 0 aliphatic heterocycles. The Morgan fingerprint density at radius 2 is 0.714 bits per heavy atom. The lowest BCUT2D eigenvalue weighted by molar-refractivity contribution is 0.0265. The molecule has 0 spiro atoms. The van der Waals surface area contributed by atoms with Gasteiger partial charge in [-0.1, -0.05) is 57.9 Å². The average molecular weight is 942 g/mol. The maximum absolute atomic E-state index is 12.7. The summed E-state index contributed by atoms with van der Waals surface area (Å²) in [6.07, 6.45) is -7.82.